The second-order valence-corrected chi connectivity index (χ2v) is 5.67. The van der Waals surface area contributed by atoms with Crippen molar-refractivity contribution in [3.8, 4) is 0 Å². The fourth-order valence-electron chi connectivity index (χ4n) is 3.47. The van der Waals surface area contributed by atoms with Gasteiger partial charge in [0.1, 0.15) is 0 Å². The third-order valence-corrected chi connectivity index (χ3v) is 4.49. The lowest BCUT2D eigenvalue weighted by Crippen LogP contribution is -2.43. The highest BCUT2D eigenvalue weighted by Crippen LogP contribution is 2.31. The summed E-state index contributed by atoms with van der Waals surface area (Å²) in [6.45, 7) is 3.17. The molecular weight excluding hydrogens is 236 g/mol. The Morgan fingerprint density at radius 2 is 1.84 bits per heavy atom. The van der Waals surface area contributed by atoms with Crippen LogP contribution >= 0.6 is 0 Å². The van der Waals surface area contributed by atoms with Gasteiger partial charge in [-0.05, 0) is 37.9 Å². The maximum Gasteiger partial charge on any atom is 0.220 e. The van der Waals surface area contributed by atoms with E-state index in [0.29, 0.717) is 18.4 Å². The van der Waals surface area contributed by atoms with Crippen molar-refractivity contribution >= 4 is 5.91 Å². The number of nitrogens with zero attached hydrogens (tertiary/aromatic N) is 1. The fourth-order valence-corrected chi connectivity index (χ4v) is 3.47. The molecule has 2 aliphatic rings. The lowest BCUT2D eigenvalue weighted by molar-refractivity contribution is -0.120. The molecule has 2 aliphatic heterocycles. The highest BCUT2D eigenvalue weighted by molar-refractivity contribution is 5.76. The van der Waals surface area contributed by atoms with Crippen molar-refractivity contribution in [1.29, 1.82) is 0 Å². The van der Waals surface area contributed by atoms with Crippen LogP contribution in [-0.4, -0.2) is 36.5 Å². The van der Waals surface area contributed by atoms with Crippen LogP contribution in [0, 0.1) is 0 Å². The van der Waals surface area contributed by atoms with E-state index < -0.39 is 0 Å². The van der Waals surface area contributed by atoms with Gasteiger partial charge in [-0.2, -0.15) is 0 Å². The van der Waals surface area contributed by atoms with Gasteiger partial charge in [0.05, 0.1) is 0 Å². The predicted molar refractivity (Wildman–Crippen MR) is 76.0 cm³/mol. The Balaban J connectivity index is 1.85. The number of nitrogens with one attached hydrogen (secondary N) is 1. The Bertz CT molecular complexity index is 426. The minimum atomic E-state index is 0.211. The average molecular weight is 258 g/mol. The quantitative estimate of drug-likeness (QED) is 0.881. The highest BCUT2D eigenvalue weighted by atomic mass is 16.1. The van der Waals surface area contributed by atoms with Gasteiger partial charge in [0, 0.05) is 24.9 Å². The number of amides is 1. The van der Waals surface area contributed by atoms with E-state index in [0.717, 1.165) is 13.0 Å². The largest absolute Gasteiger partial charge is 0.355 e. The molecule has 3 rings (SSSR count). The summed E-state index contributed by atoms with van der Waals surface area (Å²) in [5, 5.41) is 3.09. The molecule has 1 aromatic carbocycles. The van der Waals surface area contributed by atoms with Crippen molar-refractivity contribution in [3.63, 3.8) is 0 Å². The SMILES string of the molecule is O=C1CCC(c2ccccc2)C(N2CCCC2)CN1. The molecule has 2 heterocycles. The number of carbonyl (C=O) groups excluding carboxylic acids is 1. The molecule has 0 aliphatic carbocycles. The molecule has 3 heteroatoms. The first-order valence-electron chi connectivity index (χ1n) is 7.40. The summed E-state index contributed by atoms with van der Waals surface area (Å²) in [5.41, 5.74) is 1.39. The average Bonchev–Trinajstić information content (AvgIpc) is 2.90. The monoisotopic (exact) mass is 258 g/mol. The van der Waals surface area contributed by atoms with Crippen LogP contribution in [-0.2, 0) is 4.79 Å². The fraction of sp³-hybridized carbons (Fsp3) is 0.562. The Labute approximate surface area is 115 Å². The van der Waals surface area contributed by atoms with Crippen LogP contribution < -0.4 is 5.32 Å². The zero-order valence-corrected chi connectivity index (χ0v) is 11.3. The molecule has 0 bridgehead atoms. The second kappa shape index (κ2) is 5.74. The Morgan fingerprint density at radius 1 is 1.11 bits per heavy atom. The van der Waals surface area contributed by atoms with Gasteiger partial charge < -0.3 is 5.32 Å². The molecule has 2 saturated heterocycles. The first-order valence-corrected chi connectivity index (χ1v) is 7.40. The maximum absolute atomic E-state index is 11.7. The standard InChI is InChI=1S/C16H22N2O/c19-16-9-8-14(13-6-2-1-3-7-13)15(12-17-16)18-10-4-5-11-18/h1-3,6-7,14-15H,4-5,8-12H2,(H,17,19). The molecule has 1 amide bonds. The van der Waals surface area contributed by atoms with Gasteiger partial charge >= 0.3 is 0 Å². The molecule has 19 heavy (non-hydrogen) atoms. The first kappa shape index (κ1) is 12.7. The third-order valence-electron chi connectivity index (χ3n) is 4.49. The maximum atomic E-state index is 11.7. The van der Waals surface area contributed by atoms with E-state index in [2.05, 4.69) is 40.5 Å². The van der Waals surface area contributed by atoms with Crippen molar-refractivity contribution in [2.75, 3.05) is 19.6 Å². The predicted octanol–water partition coefficient (Wildman–Crippen LogP) is 2.14. The van der Waals surface area contributed by atoms with Gasteiger partial charge in [-0.25, -0.2) is 0 Å². The van der Waals surface area contributed by atoms with Crippen LogP contribution in [0.3, 0.4) is 0 Å². The molecule has 2 atom stereocenters. The number of likely N-dealkylation sites (tertiary alicyclic amines) is 1. The van der Waals surface area contributed by atoms with Crippen LogP contribution in [0.25, 0.3) is 0 Å². The summed E-state index contributed by atoms with van der Waals surface area (Å²) in [4.78, 5) is 14.3. The summed E-state index contributed by atoms with van der Waals surface area (Å²) in [6.07, 6.45) is 4.22. The van der Waals surface area contributed by atoms with Crippen LogP contribution in [0.5, 0.6) is 0 Å². The molecule has 0 radical (unpaired) electrons. The molecule has 0 saturated carbocycles. The number of rotatable bonds is 2. The number of hydrogen-bond donors (Lipinski definition) is 1. The van der Waals surface area contributed by atoms with Crippen molar-refractivity contribution in [2.45, 2.75) is 37.6 Å². The van der Waals surface area contributed by atoms with Crippen LogP contribution in [0.15, 0.2) is 30.3 Å². The number of benzene rings is 1. The van der Waals surface area contributed by atoms with E-state index in [1.807, 2.05) is 0 Å². The lowest BCUT2D eigenvalue weighted by atomic mass is 9.87. The molecule has 2 fully saturated rings. The number of hydrogen-bond acceptors (Lipinski definition) is 2. The summed E-state index contributed by atoms with van der Waals surface area (Å²) < 4.78 is 0. The Morgan fingerprint density at radius 3 is 2.58 bits per heavy atom. The van der Waals surface area contributed by atoms with E-state index in [-0.39, 0.29) is 5.91 Å². The summed E-state index contributed by atoms with van der Waals surface area (Å²) in [7, 11) is 0. The molecule has 1 N–H and O–H groups in total. The lowest BCUT2D eigenvalue weighted by Gasteiger charge is -2.33. The molecule has 0 spiro atoms. The summed E-state index contributed by atoms with van der Waals surface area (Å²) in [5.74, 6) is 0.695. The molecule has 3 nitrogen and oxygen atoms in total. The zero-order chi connectivity index (χ0) is 13.1. The van der Waals surface area contributed by atoms with Gasteiger partial charge in [0.2, 0.25) is 5.91 Å². The normalized spacial score (nSPS) is 28.9. The summed E-state index contributed by atoms with van der Waals surface area (Å²) >= 11 is 0. The Kier molecular flexibility index (Phi) is 3.83. The van der Waals surface area contributed by atoms with E-state index in [1.165, 1.54) is 31.5 Å². The van der Waals surface area contributed by atoms with E-state index in [4.69, 9.17) is 0 Å². The molecule has 102 valence electrons. The van der Waals surface area contributed by atoms with Crippen molar-refractivity contribution in [3.05, 3.63) is 35.9 Å². The third kappa shape index (κ3) is 2.81. The second-order valence-electron chi connectivity index (χ2n) is 5.67. The highest BCUT2D eigenvalue weighted by Gasteiger charge is 2.32. The van der Waals surface area contributed by atoms with Crippen molar-refractivity contribution in [2.24, 2.45) is 0 Å². The van der Waals surface area contributed by atoms with Gasteiger partial charge in [-0.3, -0.25) is 9.69 Å². The van der Waals surface area contributed by atoms with E-state index in [1.54, 1.807) is 0 Å². The summed E-state index contributed by atoms with van der Waals surface area (Å²) in [6, 6.07) is 11.2. The smallest absolute Gasteiger partial charge is 0.220 e. The van der Waals surface area contributed by atoms with Crippen molar-refractivity contribution in [1.82, 2.24) is 10.2 Å². The Hall–Kier alpha value is -1.35. The van der Waals surface area contributed by atoms with Crippen molar-refractivity contribution < 1.29 is 4.79 Å². The zero-order valence-electron chi connectivity index (χ0n) is 11.3. The van der Waals surface area contributed by atoms with Gasteiger partial charge in [0.15, 0.2) is 0 Å². The molecule has 0 aromatic heterocycles. The minimum Gasteiger partial charge on any atom is -0.355 e. The van der Waals surface area contributed by atoms with Crippen LogP contribution in [0.2, 0.25) is 0 Å². The minimum absolute atomic E-state index is 0.211. The topological polar surface area (TPSA) is 32.3 Å². The van der Waals surface area contributed by atoms with Gasteiger partial charge in [-0.15, -0.1) is 0 Å². The first-order chi connectivity index (χ1) is 9.34. The molecular formula is C16H22N2O. The van der Waals surface area contributed by atoms with Gasteiger partial charge in [0.25, 0.3) is 0 Å². The molecule has 1 aromatic rings. The van der Waals surface area contributed by atoms with Gasteiger partial charge in [-0.1, -0.05) is 30.3 Å². The van der Waals surface area contributed by atoms with E-state index in [9.17, 15) is 4.79 Å². The van der Waals surface area contributed by atoms with Crippen LogP contribution in [0.1, 0.15) is 37.2 Å². The number of carbonyl (C=O) groups is 1. The van der Waals surface area contributed by atoms with Crippen LogP contribution in [0.4, 0.5) is 0 Å². The van der Waals surface area contributed by atoms with E-state index >= 15 is 0 Å². The molecule has 2 unspecified atom stereocenters.